The summed E-state index contributed by atoms with van der Waals surface area (Å²) in [6, 6.07) is 105. The van der Waals surface area contributed by atoms with Gasteiger partial charge in [0.15, 0.2) is 8.07 Å². The fraction of sp³-hybridized carbons (Fsp3) is 0.0294. The number of hydrogen-bond donors (Lipinski definition) is 0. The Morgan fingerprint density at radius 1 is 0.314 bits per heavy atom. The second kappa shape index (κ2) is 16.9. The Morgan fingerprint density at radius 2 is 0.757 bits per heavy atom. The summed E-state index contributed by atoms with van der Waals surface area (Å²) in [5.74, 6) is 0. The molecule has 0 saturated carbocycles. The highest BCUT2D eigenvalue weighted by Crippen LogP contribution is 2.57. The first-order chi connectivity index (χ1) is 34.7. The van der Waals surface area contributed by atoms with Crippen molar-refractivity contribution >= 4 is 45.9 Å². The minimum Gasteiger partial charge on any atom is -0.310 e. The monoisotopic (exact) mass is 907 g/mol. The van der Waals surface area contributed by atoms with Gasteiger partial charge in [0.1, 0.15) is 0 Å². The molecule has 0 amide bonds. The molecular formula is C68H49NSi. The highest BCUT2D eigenvalue weighted by atomic mass is 28.3. The minimum atomic E-state index is -2.89. The summed E-state index contributed by atoms with van der Waals surface area (Å²) < 4.78 is 0. The number of nitrogens with zero attached hydrogens (tertiary/aromatic N) is 1. The standard InChI is InChI=1S/C68H49NSi/c1-48-45-53(39-42-57(48)49-23-7-2-8-24-49)69(54-40-43-60-59-33-17-20-36-63(59)68(64(60)46-54,51-27-11-4-12-28-51)52-29-13-5-14-30-52)65-47-56(41-44-58(65)50-25-9-3-10-26-50)70(55-31-15-6-16-32-55)66-37-21-18-34-61(66)62-35-19-22-38-67(62)70/h2-47H,1H3. The van der Waals surface area contributed by atoms with Crippen molar-refractivity contribution in [2.24, 2.45) is 0 Å². The quantitative estimate of drug-likeness (QED) is 0.130. The predicted molar refractivity (Wildman–Crippen MR) is 297 cm³/mol. The van der Waals surface area contributed by atoms with Gasteiger partial charge in [0.05, 0.1) is 11.1 Å². The minimum absolute atomic E-state index is 0.561. The maximum absolute atomic E-state index is 2.89. The van der Waals surface area contributed by atoms with Crippen LogP contribution in [0.15, 0.2) is 279 Å². The van der Waals surface area contributed by atoms with Gasteiger partial charge in [-0.25, -0.2) is 0 Å². The summed E-state index contributed by atoms with van der Waals surface area (Å²) in [4.78, 5) is 2.57. The van der Waals surface area contributed by atoms with Gasteiger partial charge < -0.3 is 4.90 Å². The summed E-state index contributed by atoms with van der Waals surface area (Å²) in [5.41, 5.74) is 19.1. The first-order valence-electron chi connectivity index (χ1n) is 24.4. The highest BCUT2D eigenvalue weighted by Gasteiger charge is 2.49. The van der Waals surface area contributed by atoms with E-state index >= 15 is 0 Å². The molecule has 2 heteroatoms. The third-order valence-electron chi connectivity index (χ3n) is 15.2. The Morgan fingerprint density at radius 3 is 1.34 bits per heavy atom. The molecule has 0 bridgehead atoms. The number of anilines is 3. The van der Waals surface area contributed by atoms with Crippen molar-refractivity contribution in [3.8, 4) is 44.5 Å². The van der Waals surface area contributed by atoms with Gasteiger partial charge in [-0.3, -0.25) is 0 Å². The molecule has 0 fully saturated rings. The van der Waals surface area contributed by atoms with Crippen LogP contribution in [0.2, 0.25) is 0 Å². The van der Waals surface area contributed by atoms with Crippen molar-refractivity contribution in [3.63, 3.8) is 0 Å². The topological polar surface area (TPSA) is 3.24 Å². The van der Waals surface area contributed by atoms with Crippen molar-refractivity contribution in [1.82, 2.24) is 0 Å². The van der Waals surface area contributed by atoms with Crippen molar-refractivity contribution in [2.45, 2.75) is 12.3 Å². The van der Waals surface area contributed by atoms with Crippen molar-refractivity contribution in [2.75, 3.05) is 4.90 Å². The van der Waals surface area contributed by atoms with Crippen LogP contribution in [0.4, 0.5) is 17.1 Å². The molecule has 70 heavy (non-hydrogen) atoms. The van der Waals surface area contributed by atoms with E-state index in [2.05, 4.69) is 291 Å². The van der Waals surface area contributed by atoms with Crippen LogP contribution < -0.4 is 25.6 Å². The van der Waals surface area contributed by atoms with E-state index in [1.54, 1.807) is 0 Å². The Labute approximate surface area is 412 Å². The number of rotatable bonds is 9. The van der Waals surface area contributed by atoms with Gasteiger partial charge in [0.25, 0.3) is 0 Å². The van der Waals surface area contributed by atoms with Gasteiger partial charge in [0.2, 0.25) is 0 Å². The third kappa shape index (κ3) is 6.30. The molecule has 0 aromatic heterocycles. The Hall–Kier alpha value is -8.56. The zero-order chi connectivity index (χ0) is 46.7. The van der Waals surface area contributed by atoms with E-state index in [-0.39, 0.29) is 0 Å². The SMILES string of the molecule is Cc1cc(N(c2ccc3c(c2)C(c2ccccc2)(c2ccccc2)c2ccccc2-3)c2cc([Si]3(c4ccccc4)c4ccccc4-c4ccccc43)ccc2-c2ccccc2)ccc1-c1ccccc1. The van der Waals surface area contributed by atoms with Crippen LogP contribution in [0.1, 0.15) is 27.8 Å². The summed E-state index contributed by atoms with van der Waals surface area (Å²) in [5, 5.41) is 5.60. The highest BCUT2D eigenvalue weighted by molar-refractivity contribution is 7.22. The van der Waals surface area contributed by atoms with Crippen LogP contribution in [0, 0.1) is 6.92 Å². The molecule has 0 atom stereocenters. The lowest BCUT2D eigenvalue weighted by molar-refractivity contribution is 0.768. The molecule has 0 unspecified atom stereocenters. The lowest BCUT2D eigenvalue weighted by atomic mass is 9.67. The second-order valence-electron chi connectivity index (χ2n) is 18.8. The van der Waals surface area contributed by atoms with E-state index in [0.29, 0.717) is 0 Å². The van der Waals surface area contributed by atoms with Crippen LogP contribution in [0.5, 0.6) is 0 Å². The van der Waals surface area contributed by atoms with Crippen LogP contribution in [-0.2, 0) is 5.41 Å². The first kappa shape index (κ1) is 41.6. The van der Waals surface area contributed by atoms with Crippen molar-refractivity contribution in [3.05, 3.63) is 307 Å². The zero-order valence-corrected chi connectivity index (χ0v) is 40.0. The van der Waals surface area contributed by atoms with Gasteiger partial charge in [-0.2, -0.15) is 0 Å². The van der Waals surface area contributed by atoms with Crippen molar-refractivity contribution < 1.29 is 0 Å². The second-order valence-corrected chi connectivity index (χ2v) is 22.5. The molecule has 0 spiro atoms. The molecular weight excluding hydrogens is 859 g/mol. The average Bonchev–Trinajstić information content (AvgIpc) is 3.91. The number of aryl methyl sites for hydroxylation is 1. The summed E-state index contributed by atoms with van der Waals surface area (Å²) in [6.07, 6.45) is 0. The molecule has 1 heterocycles. The first-order valence-corrected chi connectivity index (χ1v) is 26.4. The van der Waals surface area contributed by atoms with E-state index in [9.17, 15) is 0 Å². The van der Waals surface area contributed by atoms with E-state index < -0.39 is 13.5 Å². The fourth-order valence-corrected chi connectivity index (χ4v) is 17.4. The van der Waals surface area contributed by atoms with Gasteiger partial charge in [-0.1, -0.05) is 249 Å². The fourth-order valence-electron chi connectivity index (χ4n) is 12.3. The van der Waals surface area contributed by atoms with E-state index in [1.807, 2.05) is 0 Å². The Bertz CT molecular complexity index is 3630. The number of fused-ring (bicyclic) bond motifs is 6. The average molecular weight is 908 g/mol. The van der Waals surface area contributed by atoms with Gasteiger partial charge in [-0.15, -0.1) is 0 Å². The molecule has 1 nitrogen and oxygen atoms in total. The number of benzene rings is 11. The summed E-state index contributed by atoms with van der Waals surface area (Å²) in [6.45, 7) is 2.26. The Balaban J connectivity index is 1.13. The molecule has 330 valence electrons. The molecule has 1 aliphatic heterocycles. The van der Waals surface area contributed by atoms with E-state index in [4.69, 9.17) is 0 Å². The normalized spacial score (nSPS) is 13.4. The third-order valence-corrected chi connectivity index (χ3v) is 20.0. The van der Waals surface area contributed by atoms with Crippen molar-refractivity contribution in [1.29, 1.82) is 0 Å². The van der Waals surface area contributed by atoms with Crippen LogP contribution in [-0.4, -0.2) is 8.07 Å². The largest absolute Gasteiger partial charge is 0.310 e. The van der Waals surface area contributed by atoms with E-state index in [1.165, 1.54) is 93.1 Å². The lowest BCUT2D eigenvalue weighted by Gasteiger charge is -2.36. The molecule has 2 aliphatic rings. The molecule has 11 aromatic rings. The molecule has 0 N–H and O–H groups in total. The Kier molecular flexibility index (Phi) is 10.0. The molecule has 0 saturated heterocycles. The van der Waals surface area contributed by atoms with Gasteiger partial charge in [0, 0.05) is 16.9 Å². The lowest BCUT2D eigenvalue weighted by Crippen LogP contribution is -2.72. The van der Waals surface area contributed by atoms with Gasteiger partial charge >= 0.3 is 0 Å². The molecule has 1 aliphatic carbocycles. The molecule has 0 radical (unpaired) electrons. The number of hydrogen-bond acceptors (Lipinski definition) is 1. The van der Waals surface area contributed by atoms with E-state index in [0.717, 1.165) is 17.1 Å². The van der Waals surface area contributed by atoms with Crippen LogP contribution in [0.3, 0.4) is 0 Å². The summed E-state index contributed by atoms with van der Waals surface area (Å²) >= 11 is 0. The van der Waals surface area contributed by atoms with Gasteiger partial charge in [-0.05, 0) is 125 Å². The predicted octanol–water partition coefficient (Wildman–Crippen LogP) is 14.5. The smallest absolute Gasteiger partial charge is 0.180 e. The van der Waals surface area contributed by atoms with Crippen LogP contribution in [0.25, 0.3) is 44.5 Å². The van der Waals surface area contributed by atoms with Crippen LogP contribution >= 0.6 is 0 Å². The summed E-state index contributed by atoms with van der Waals surface area (Å²) in [7, 11) is -2.89. The maximum Gasteiger partial charge on any atom is 0.180 e. The maximum atomic E-state index is 2.57. The zero-order valence-electron chi connectivity index (χ0n) is 39.0. The molecule has 11 aromatic carbocycles. The molecule has 13 rings (SSSR count).